The second-order valence-corrected chi connectivity index (χ2v) is 7.22. The fraction of sp³-hybridized carbons (Fsp3) is 0.211. The highest BCUT2D eigenvalue weighted by atomic mass is 32.2. The largest absolute Gasteiger partial charge is 0.341 e. The third-order valence-electron chi connectivity index (χ3n) is 3.91. The van der Waals surface area contributed by atoms with Gasteiger partial charge in [-0.15, -0.1) is 5.10 Å². The molecule has 0 saturated carbocycles. The van der Waals surface area contributed by atoms with Crippen LogP contribution in [0.25, 0.3) is 5.69 Å². The van der Waals surface area contributed by atoms with Crippen molar-refractivity contribution >= 4 is 29.3 Å². The van der Waals surface area contributed by atoms with Crippen LogP contribution in [0.4, 0.5) is 10.1 Å². The standard InChI is InChI=1S/C19H19FN6O2S/c1-13(27)21-16-7-4-8-17(10-16)26-19(22-23-24-26)29-12-18(28)25(2)11-14-5-3-6-15(20)9-14/h3-10H,11-12H2,1-2H3,(H,21,27). The van der Waals surface area contributed by atoms with Gasteiger partial charge < -0.3 is 10.2 Å². The molecule has 0 fully saturated rings. The predicted molar refractivity (Wildman–Crippen MR) is 107 cm³/mol. The minimum Gasteiger partial charge on any atom is -0.341 e. The van der Waals surface area contributed by atoms with Crippen LogP contribution in [0.5, 0.6) is 0 Å². The van der Waals surface area contributed by atoms with E-state index in [1.165, 1.54) is 40.4 Å². The van der Waals surface area contributed by atoms with Gasteiger partial charge in [-0.3, -0.25) is 9.59 Å². The summed E-state index contributed by atoms with van der Waals surface area (Å²) in [6.07, 6.45) is 0. The van der Waals surface area contributed by atoms with Gasteiger partial charge in [-0.25, -0.2) is 4.39 Å². The Balaban J connectivity index is 1.64. The number of anilines is 1. The zero-order valence-electron chi connectivity index (χ0n) is 15.9. The first-order valence-corrected chi connectivity index (χ1v) is 9.68. The number of carbonyl (C=O) groups excluding carboxylic acids is 2. The summed E-state index contributed by atoms with van der Waals surface area (Å²) in [5.41, 5.74) is 1.99. The maximum atomic E-state index is 13.3. The fourth-order valence-electron chi connectivity index (χ4n) is 2.58. The van der Waals surface area contributed by atoms with Crippen molar-refractivity contribution in [2.45, 2.75) is 18.6 Å². The van der Waals surface area contributed by atoms with Crippen LogP contribution >= 0.6 is 11.8 Å². The molecule has 10 heteroatoms. The molecule has 0 aliphatic heterocycles. The Morgan fingerprint density at radius 3 is 2.76 bits per heavy atom. The van der Waals surface area contributed by atoms with Gasteiger partial charge in [0.2, 0.25) is 17.0 Å². The summed E-state index contributed by atoms with van der Waals surface area (Å²) in [7, 11) is 1.66. The Bertz CT molecular complexity index is 1030. The summed E-state index contributed by atoms with van der Waals surface area (Å²) < 4.78 is 14.8. The molecule has 8 nitrogen and oxygen atoms in total. The number of rotatable bonds is 7. The molecule has 0 aliphatic carbocycles. The third-order valence-corrected chi connectivity index (χ3v) is 4.82. The number of nitrogens with zero attached hydrogens (tertiary/aromatic N) is 5. The molecular weight excluding hydrogens is 395 g/mol. The molecule has 0 radical (unpaired) electrons. The van der Waals surface area contributed by atoms with Crippen LogP contribution in [-0.4, -0.2) is 49.7 Å². The van der Waals surface area contributed by atoms with Gasteiger partial charge in [-0.2, -0.15) is 4.68 Å². The lowest BCUT2D eigenvalue weighted by molar-refractivity contribution is -0.127. The lowest BCUT2D eigenvalue weighted by atomic mass is 10.2. The normalized spacial score (nSPS) is 10.6. The molecule has 1 N–H and O–H groups in total. The lowest BCUT2D eigenvalue weighted by Gasteiger charge is -2.17. The number of aromatic nitrogens is 4. The Morgan fingerprint density at radius 1 is 1.21 bits per heavy atom. The first-order valence-electron chi connectivity index (χ1n) is 8.70. The predicted octanol–water partition coefficient (Wildman–Crippen LogP) is 2.51. The minimum atomic E-state index is -0.335. The molecule has 150 valence electrons. The molecule has 2 aromatic carbocycles. The molecule has 0 spiro atoms. The van der Waals surface area contributed by atoms with E-state index in [1.807, 2.05) is 0 Å². The zero-order valence-corrected chi connectivity index (χ0v) is 16.7. The molecule has 0 unspecified atom stereocenters. The van der Waals surface area contributed by atoms with Crippen molar-refractivity contribution in [2.75, 3.05) is 18.1 Å². The van der Waals surface area contributed by atoms with Gasteiger partial charge in [-0.1, -0.05) is 30.0 Å². The van der Waals surface area contributed by atoms with Crippen molar-refractivity contribution in [3.05, 3.63) is 59.9 Å². The van der Waals surface area contributed by atoms with E-state index in [2.05, 4.69) is 20.8 Å². The third kappa shape index (κ3) is 5.61. The molecule has 3 rings (SSSR count). The number of nitrogens with one attached hydrogen (secondary N) is 1. The number of halogens is 1. The van der Waals surface area contributed by atoms with Crippen molar-refractivity contribution in [2.24, 2.45) is 0 Å². The van der Waals surface area contributed by atoms with Crippen LogP contribution in [0, 0.1) is 5.82 Å². The number of amides is 2. The highest BCUT2D eigenvalue weighted by Crippen LogP contribution is 2.21. The van der Waals surface area contributed by atoms with Crippen LogP contribution in [0.3, 0.4) is 0 Å². The van der Waals surface area contributed by atoms with Crippen LogP contribution in [-0.2, 0) is 16.1 Å². The molecule has 1 aromatic heterocycles. The molecule has 0 atom stereocenters. The number of benzene rings is 2. The first-order chi connectivity index (χ1) is 13.9. The molecule has 0 bridgehead atoms. The molecular formula is C19H19FN6O2S. The first kappa shape index (κ1) is 20.5. The molecule has 0 saturated heterocycles. The second kappa shape index (κ2) is 9.28. The van der Waals surface area contributed by atoms with Gasteiger partial charge in [0.15, 0.2) is 0 Å². The summed E-state index contributed by atoms with van der Waals surface area (Å²) in [6.45, 7) is 1.73. The SMILES string of the molecule is CC(=O)Nc1cccc(-n2nnnc2SCC(=O)N(C)Cc2cccc(F)c2)c1. The Labute approximate surface area is 171 Å². The van der Waals surface area contributed by atoms with E-state index in [-0.39, 0.29) is 23.4 Å². The smallest absolute Gasteiger partial charge is 0.233 e. The topological polar surface area (TPSA) is 93.0 Å². The summed E-state index contributed by atoms with van der Waals surface area (Å²) in [5.74, 6) is -0.531. The van der Waals surface area contributed by atoms with Gasteiger partial charge in [0.25, 0.3) is 0 Å². The second-order valence-electron chi connectivity index (χ2n) is 6.27. The monoisotopic (exact) mass is 414 g/mol. The Kier molecular flexibility index (Phi) is 6.55. The zero-order chi connectivity index (χ0) is 20.8. The molecule has 3 aromatic rings. The van der Waals surface area contributed by atoms with Gasteiger partial charge in [0, 0.05) is 26.2 Å². The number of carbonyl (C=O) groups is 2. The maximum Gasteiger partial charge on any atom is 0.233 e. The van der Waals surface area contributed by atoms with Gasteiger partial charge >= 0.3 is 0 Å². The van der Waals surface area contributed by atoms with E-state index < -0.39 is 0 Å². The van der Waals surface area contributed by atoms with Gasteiger partial charge in [-0.05, 0) is 46.3 Å². The van der Waals surface area contributed by atoms with Crippen molar-refractivity contribution in [1.29, 1.82) is 0 Å². The summed E-state index contributed by atoms with van der Waals surface area (Å²) in [4.78, 5) is 25.2. The summed E-state index contributed by atoms with van der Waals surface area (Å²) in [5, 5.41) is 14.8. The summed E-state index contributed by atoms with van der Waals surface area (Å²) in [6, 6.07) is 13.2. The molecule has 0 aliphatic rings. The van der Waals surface area contributed by atoms with Gasteiger partial charge in [0.1, 0.15) is 5.82 Å². The van der Waals surface area contributed by atoms with E-state index in [4.69, 9.17) is 0 Å². The average molecular weight is 414 g/mol. The van der Waals surface area contributed by atoms with Crippen molar-refractivity contribution in [3.63, 3.8) is 0 Å². The van der Waals surface area contributed by atoms with E-state index in [0.29, 0.717) is 28.6 Å². The number of tetrazole rings is 1. The van der Waals surface area contributed by atoms with Crippen molar-refractivity contribution < 1.29 is 14.0 Å². The molecule has 1 heterocycles. The van der Waals surface area contributed by atoms with E-state index in [1.54, 1.807) is 43.4 Å². The minimum absolute atomic E-state index is 0.123. The van der Waals surface area contributed by atoms with E-state index >= 15 is 0 Å². The lowest BCUT2D eigenvalue weighted by Crippen LogP contribution is -2.28. The molecule has 2 amide bonds. The van der Waals surface area contributed by atoms with E-state index in [9.17, 15) is 14.0 Å². The maximum absolute atomic E-state index is 13.3. The van der Waals surface area contributed by atoms with Gasteiger partial charge in [0.05, 0.1) is 11.4 Å². The quantitative estimate of drug-likeness (QED) is 0.597. The molecule has 29 heavy (non-hydrogen) atoms. The Morgan fingerprint density at radius 2 is 2.00 bits per heavy atom. The summed E-state index contributed by atoms with van der Waals surface area (Å²) >= 11 is 1.19. The average Bonchev–Trinajstić information content (AvgIpc) is 3.14. The van der Waals surface area contributed by atoms with Crippen LogP contribution < -0.4 is 5.32 Å². The van der Waals surface area contributed by atoms with Crippen LogP contribution in [0.15, 0.2) is 53.7 Å². The fourth-order valence-corrected chi connectivity index (χ4v) is 3.41. The number of hydrogen-bond acceptors (Lipinski definition) is 6. The highest BCUT2D eigenvalue weighted by molar-refractivity contribution is 7.99. The van der Waals surface area contributed by atoms with E-state index in [0.717, 1.165) is 0 Å². The highest BCUT2D eigenvalue weighted by Gasteiger charge is 2.15. The van der Waals surface area contributed by atoms with Crippen LogP contribution in [0.1, 0.15) is 12.5 Å². The Hall–Kier alpha value is -3.27. The van der Waals surface area contributed by atoms with Crippen molar-refractivity contribution in [1.82, 2.24) is 25.1 Å². The number of hydrogen-bond donors (Lipinski definition) is 1. The number of thioether (sulfide) groups is 1. The van der Waals surface area contributed by atoms with Crippen molar-refractivity contribution in [3.8, 4) is 5.69 Å². The van der Waals surface area contributed by atoms with Crippen LogP contribution in [0.2, 0.25) is 0 Å².